The molecule has 0 bridgehead atoms. The van der Waals surface area contributed by atoms with Gasteiger partial charge in [0.2, 0.25) is 5.91 Å². The van der Waals surface area contributed by atoms with Crippen molar-refractivity contribution in [1.29, 1.82) is 0 Å². The number of fused-ring (bicyclic) bond motifs is 1. The molecule has 0 aliphatic heterocycles. The number of nitrogens with one attached hydrogen (secondary N) is 3. The Morgan fingerprint density at radius 3 is 2.61 bits per heavy atom. The van der Waals surface area contributed by atoms with Gasteiger partial charge in [0.15, 0.2) is 5.82 Å². The maximum absolute atomic E-state index is 13.1. The molecule has 174 valence electrons. The van der Waals surface area contributed by atoms with E-state index in [9.17, 15) is 18.8 Å². The molecule has 0 radical (unpaired) electrons. The summed E-state index contributed by atoms with van der Waals surface area (Å²) in [6.45, 7) is 3.32. The van der Waals surface area contributed by atoms with Crippen molar-refractivity contribution in [2.75, 3.05) is 10.6 Å². The van der Waals surface area contributed by atoms with Crippen LogP contribution in [0.3, 0.4) is 0 Å². The van der Waals surface area contributed by atoms with Crippen LogP contribution in [0, 0.1) is 5.82 Å². The van der Waals surface area contributed by atoms with Crippen LogP contribution in [0.25, 0.3) is 5.65 Å². The monoisotopic (exact) mass is 455 g/mol. The fourth-order valence-corrected chi connectivity index (χ4v) is 3.92. The lowest BCUT2D eigenvalue weighted by Gasteiger charge is -2.16. The van der Waals surface area contributed by atoms with Gasteiger partial charge in [-0.25, -0.2) is 9.37 Å². The SMILES string of the molecule is CC(C)NC(=O)c1cc(=O)n2nc(NC3CCCC3)cc2n1CC(=O)Nc1ccc(F)cn1. The van der Waals surface area contributed by atoms with Crippen LogP contribution in [-0.2, 0) is 11.3 Å². The Kier molecular flexibility index (Phi) is 6.38. The zero-order chi connectivity index (χ0) is 23.5. The zero-order valence-corrected chi connectivity index (χ0v) is 18.5. The van der Waals surface area contributed by atoms with Crippen LogP contribution >= 0.6 is 0 Å². The van der Waals surface area contributed by atoms with Crippen molar-refractivity contribution < 1.29 is 14.0 Å². The Hall–Kier alpha value is -3.76. The molecule has 1 fully saturated rings. The first-order valence-electron chi connectivity index (χ1n) is 10.9. The average Bonchev–Trinajstić information content (AvgIpc) is 3.41. The number of aromatic nitrogens is 4. The lowest BCUT2D eigenvalue weighted by molar-refractivity contribution is -0.116. The van der Waals surface area contributed by atoms with Crippen molar-refractivity contribution in [3.63, 3.8) is 0 Å². The van der Waals surface area contributed by atoms with Gasteiger partial charge in [-0.2, -0.15) is 4.52 Å². The minimum atomic E-state index is -0.524. The third kappa shape index (κ3) is 5.18. The van der Waals surface area contributed by atoms with Gasteiger partial charge in [0.25, 0.3) is 11.5 Å². The number of rotatable bonds is 7. The second-order valence-corrected chi connectivity index (χ2v) is 8.42. The second kappa shape index (κ2) is 9.39. The van der Waals surface area contributed by atoms with Gasteiger partial charge < -0.3 is 20.5 Å². The van der Waals surface area contributed by atoms with E-state index in [-0.39, 0.29) is 30.1 Å². The summed E-state index contributed by atoms with van der Waals surface area (Å²) in [5.41, 5.74) is -0.134. The minimum Gasteiger partial charge on any atom is -0.366 e. The van der Waals surface area contributed by atoms with Gasteiger partial charge in [0, 0.05) is 24.2 Å². The van der Waals surface area contributed by atoms with Gasteiger partial charge in [-0.3, -0.25) is 14.4 Å². The first-order chi connectivity index (χ1) is 15.8. The molecule has 10 nitrogen and oxygen atoms in total. The molecule has 4 rings (SSSR count). The Morgan fingerprint density at radius 2 is 1.94 bits per heavy atom. The number of hydrogen-bond donors (Lipinski definition) is 3. The second-order valence-electron chi connectivity index (χ2n) is 8.42. The number of pyridine rings is 1. The predicted octanol–water partition coefficient (Wildman–Crippen LogP) is 2.16. The molecule has 11 heteroatoms. The number of anilines is 2. The number of carbonyl (C=O) groups is 2. The standard InChI is InChI=1S/C22H26FN7O3/c1-13(2)25-22(33)16-9-21(32)30-20(10-18(28-30)26-15-5-3-4-6-15)29(16)12-19(31)27-17-8-7-14(23)11-24-17/h7-11,13,15H,3-6,12H2,1-2H3,(H,25,33)(H,26,28)(H,24,27,31). The summed E-state index contributed by atoms with van der Waals surface area (Å²) in [6.07, 6.45) is 5.30. The van der Waals surface area contributed by atoms with Crippen LogP contribution in [0.2, 0.25) is 0 Å². The lowest BCUT2D eigenvalue weighted by atomic mass is 10.2. The Morgan fingerprint density at radius 1 is 1.18 bits per heavy atom. The summed E-state index contributed by atoms with van der Waals surface area (Å²) >= 11 is 0. The Labute approximate surface area is 189 Å². The molecule has 2 amide bonds. The van der Waals surface area contributed by atoms with Gasteiger partial charge in [-0.05, 0) is 38.8 Å². The highest BCUT2D eigenvalue weighted by atomic mass is 19.1. The number of hydrogen-bond acceptors (Lipinski definition) is 6. The summed E-state index contributed by atoms with van der Waals surface area (Å²) in [4.78, 5) is 42.1. The Bertz CT molecular complexity index is 1230. The predicted molar refractivity (Wildman–Crippen MR) is 121 cm³/mol. The van der Waals surface area contributed by atoms with Gasteiger partial charge in [-0.15, -0.1) is 5.10 Å². The van der Waals surface area contributed by atoms with Crippen molar-refractivity contribution >= 4 is 29.1 Å². The van der Waals surface area contributed by atoms with Crippen molar-refractivity contribution in [2.45, 2.75) is 58.2 Å². The van der Waals surface area contributed by atoms with E-state index in [1.807, 2.05) is 0 Å². The first kappa shape index (κ1) is 22.4. The van der Waals surface area contributed by atoms with Gasteiger partial charge >= 0.3 is 0 Å². The van der Waals surface area contributed by atoms with Crippen LogP contribution in [0.5, 0.6) is 0 Å². The number of nitrogens with zero attached hydrogens (tertiary/aromatic N) is 4. The van der Waals surface area contributed by atoms with E-state index in [1.165, 1.54) is 27.3 Å². The molecule has 0 atom stereocenters. The highest BCUT2D eigenvalue weighted by Gasteiger charge is 2.22. The van der Waals surface area contributed by atoms with Crippen LogP contribution in [0.4, 0.5) is 16.0 Å². The summed E-state index contributed by atoms with van der Waals surface area (Å²) in [6, 6.07) is 5.45. The molecule has 3 aromatic rings. The lowest BCUT2D eigenvalue weighted by Crippen LogP contribution is -2.36. The number of carbonyl (C=O) groups excluding carboxylic acids is 2. The summed E-state index contributed by atoms with van der Waals surface area (Å²) < 4.78 is 15.7. The molecule has 33 heavy (non-hydrogen) atoms. The zero-order valence-electron chi connectivity index (χ0n) is 18.5. The fourth-order valence-electron chi connectivity index (χ4n) is 3.92. The molecule has 1 aliphatic rings. The summed E-state index contributed by atoms with van der Waals surface area (Å²) in [5, 5.41) is 13.0. The summed E-state index contributed by atoms with van der Waals surface area (Å²) in [7, 11) is 0. The topological polar surface area (TPSA) is 122 Å². The minimum absolute atomic E-state index is 0.0377. The van der Waals surface area contributed by atoms with Gasteiger partial charge in [-0.1, -0.05) is 12.8 Å². The van der Waals surface area contributed by atoms with Crippen molar-refractivity contribution in [1.82, 2.24) is 24.5 Å². The molecule has 3 N–H and O–H groups in total. The van der Waals surface area contributed by atoms with Gasteiger partial charge in [0.05, 0.1) is 6.20 Å². The third-order valence-corrected chi connectivity index (χ3v) is 5.38. The molecular weight excluding hydrogens is 429 g/mol. The molecular formula is C22H26FN7O3. The van der Waals surface area contributed by atoms with Crippen molar-refractivity contribution in [3.05, 3.63) is 52.3 Å². The van der Waals surface area contributed by atoms with E-state index in [4.69, 9.17) is 0 Å². The number of halogens is 1. The van der Waals surface area contributed by atoms with Crippen LogP contribution in [0.15, 0.2) is 35.3 Å². The van der Waals surface area contributed by atoms with E-state index < -0.39 is 23.2 Å². The quantitative estimate of drug-likeness (QED) is 0.502. The molecule has 0 aromatic carbocycles. The highest BCUT2D eigenvalue weighted by Crippen LogP contribution is 2.22. The first-order valence-corrected chi connectivity index (χ1v) is 10.9. The molecule has 1 aliphatic carbocycles. The van der Waals surface area contributed by atoms with Crippen LogP contribution < -0.4 is 21.5 Å². The van der Waals surface area contributed by atoms with Crippen LogP contribution in [-0.4, -0.2) is 43.1 Å². The smallest absolute Gasteiger partial charge is 0.275 e. The largest absolute Gasteiger partial charge is 0.366 e. The summed E-state index contributed by atoms with van der Waals surface area (Å²) in [5.74, 6) is -0.823. The van der Waals surface area contributed by atoms with Crippen molar-refractivity contribution in [2.24, 2.45) is 0 Å². The third-order valence-electron chi connectivity index (χ3n) is 5.38. The molecule has 0 spiro atoms. The van der Waals surface area contributed by atoms with E-state index in [1.54, 1.807) is 19.9 Å². The maximum Gasteiger partial charge on any atom is 0.275 e. The van der Waals surface area contributed by atoms with E-state index in [2.05, 4.69) is 26.0 Å². The fraction of sp³-hybridized carbons (Fsp3) is 0.409. The molecule has 1 saturated carbocycles. The normalized spacial score (nSPS) is 14.1. The molecule has 3 aromatic heterocycles. The Balaban J connectivity index is 1.70. The molecule has 3 heterocycles. The van der Waals surface area contributed by atoms with Crippen molar-refractivity contribution in [3.8, 4) is 0 Å². The van der Waals surface area contributed by atoms with E-state index in [0.717, 1.165) is 31.9 Å². The van der Waals surface area contributed by atoms with Crippen LogP contribution in [0.1, 0.15) is 50.0 Å². The molecule has 0 saturated heterocycles. The molecule has 0 unspecified atom stereocenters. The maximum atomic E-state index is 13.1. The highest BCUT2D eigenvalue weighted by molar-refractivity contribution is 5.95. The average molecular weight is 455 g/mol. The van der Waals surface area contributed by atoms with E-state index in [0.29, 0.717) is 11.5 Å². The van der Waals surface area contributed by atoms with E-state index >= 15 is 0 Å². The number of amides is 2. The van der Waals surface area contributed by atoms with Gasteiger partial charge in [0.1, 0.15) is 29.5 Å².